The van der Waals surface area contributed by atoms with Gasteiger partial charge in [0.05, 0.1) is 28.0 Å². The van der Waals surface area contributed by atoms with Crippen LogP contribution in [0.1, 0.15) is 77.7 Å². The number of hydrogen-bond acceptors (Lipinski definition) is 1. The molecule has 1 aromatic heterocycles. The van der Waals surface area contributed by atoms with Crippen LogP contribution in [-0.4, -0.2) is 4.57 Å². The molecule has 2 atom stereocenters. The van der Waals surface area contributed by atoms with E-state index in [9.17, 15) is 0 Å². The minimum absolute atomic E-state index is 0.137. The Labute approximate surface area is 357 Å². The van der Waals surface area contributed by atoms with Crippen molar-refractivity contribution in [1.82, 2.24) is 4.57 Å². The Hall–Kier alpha value is -7.16. The van der Waals surface area contributed by atoms with Gasteiger partial charge in [0.15, 0.2) is 0 Å². The molecule has 0 fully saturated rings. The van der Waals surface area contributed by atoms with Gasteiger partial charge in [-0.1, -0.05) is 172 Å². The fourth-order valence-corrected chi connectivity index (χ4v) is 12.0. The van der Waals surface area contributed by atoms with Crippen molar-refractivity contribution >= 4 is 34.0 Å². The van der Waals surface area contributed by atoms with E-state index >= 15 is 0 Å². The molecule has 0 N–H and O–H groups in total. The third kappa shape index (κ3) is 4.47. The summed E-state index contributed by atoms with van der Waals surface area (Å²) in [7, 11) is 0. The van der Waals surface area contributed by atoms with Gasteiger partial charge >= 0.3 is 0 Å². The monoisotopic (exact) mass is 780 g/mol. The van der Waals surface area contributed by atoms with Crippen molar-refractivity contribution < 1.29 is 0 Å². The minimum Gasteiger partial charge on any atom is -0.310 e. The van der Waals surface area contributed by atoms with Gasteiger partial charge in [-0.15, -0.1) is 0 Å². The normalized spacial score (nSPS) is 18.0. The molecule has 2 heteroatoms. The Bertz CT molecular complexity index is 3340. The van der Waals surface area contributed by atoms with Crippen LogP contribution in [0.4, 0.5) is 17.1 Å². The summed E-state index contributed by atoms with van der Waals surface area (Å²) in [5.41, 5.74) is 24.0. The van der Waals surface area contributed by atoms with Crippen molar-refractivity contribution in [3.8, 4) is 39.1 Å². The lowest BCUT2D eigenvalue weighted by Gasteiger charge is -2.40. The highest BCUT2D eigenvalue weighted by atomic mass is 15.1. The fourth-order valence-electron chi connectivity index (χ4n) is 12.0. The maximum atomic E-state index is 2.59. The second-order valence-electron chi connectivity index (χ2n) is 18.0. The largest absolute Gasteiger partial charge is 0.310 e. The molecule has 3 aliphatic carbocycles. The molecule has 0 saturated carbocycles. The molecule has 61 heavy (non-hydrogen) atoms. The molecule has 1 spiro atoms. The molecule has 2 unspecified atom stereocenters. The van der Waals surface area contributed by atoms with Gasteiger partial charge in [0.25, 0.3) is 0 Å². The lowest BCUT2D eigenvalue weighted by molar-refractivity contribution is 0.660. The average molecular weight is 781 g/mol. The Morgan fingerprint density at radius 1 is 0.508 bits per heavy atom. The van der Waals surface area contributed by atoms with Crippen LogP contribution in [0.5, 0.6) is 0 Å². The van der Waals surface area contributed by atoms with E-state index in [1.165, 1.54) is 94.6 Å². The number of allylic oxidation sites excluding steroid dienone is 1. The Kier molecular flexibility index (Phi) is 7.07. The van der Waals surface area contributed by atoms with E-state index in [1.54, 1.807) is 0 Å². The molecule has 8 aromatic carbocycles. The van der Waals surface area contributed by atoms with Gasteiger partial charge in [-0.2, -0.15) is 0 Å². The zero-order chi connectivity index (χ0) is 40.6. The van der Waals surface area contributed by atoms with Crippen LogP contribution >= 0.6 is 0 Å². The molecular weight excluding hydrogens is 737 g/mol. The van der Waals surface area contributed by atoms with Gasteiger partial charge in [0.2, 0.25) is 0 Å². The summed E-state index contributed by atoms with van der Waals surface area (Å²) < 4.78 is 2.59. The van der Waals surface area contributed by atoms with E-state index in [0.29, 0.717) is 5.92 Å². The van der Waals surface area contributed by atoms with Gasteiger partial charge in [-0.25, -0.2) is 0 Å². The van der Waals surface area contributed by atoms with Crippen LogP contribution in [0, 0.1) is 0 Å². The fraction of sp³-hybridized carbons (Fsp3) is 0.119. The second kappa shape index (κ2) is 12.4. The molecule has 290 valence electrons. The van der Waals surface area contributed by atoms with Crippen LogP contribution in [0.3, 0.4) is 0 Å². The van der Waals surface area contributed by atoms with Crippen LogP contribution < -0.4 is 4.90 Å². The van der Waals surface area contributed by atoms with Crippen LogP contribution in [0.25, 0.3) is 56.0 Å². The molecule has 9 aromatic rings. The van der Waals surface area contributed by atoms with Gasteiger partial charge in [0, 0.05) is 27.7 Å². The van der Waals surface area contributed by atoms with Crippen molar-refractivity contribution in [3.63, 3.8) is 0 Å². The van der Waals surface area contributed by atoms with E-state index in [-0.39, 0.29) is 5.41 Å². The third-order valence-electron chi connectivity index (χ3n) is 14.6. The zero-order valence-corrected chi connectivity index (χ0v) is 34.7. The molecular formula is C59H44N2. The number of nitrogens with zero attached hydrogens (tertiary/aromatic N) is 2. The number of hydrogen-bond donors (Lipinski definition) is 0. The Balaban J connectivity index is 1.12. The first kappa shape index (κ1) is 34.7. The molecule has 4 aliphatic rings. The zero-order valence-electron chi connectivity index (χ0n) is 34.7. The molecule has 0 bridgehead atoms. The molecule has 0 amide bonds. The number of aromatic nitrogens is 1. The molecule has 13 rings (SSSR count). The van der Waals surface area contributed by atoms with Crippen molar-refractivity contribution in [2.75, 3.05) is 4.90 Å². The molecule has 1 aliphatic heterocycles. The first-order chi connectivity index (χ1) is 30.0. The van der Waals surface area contributed by atoms with E-state index in [4.69, 9.17) is 0 Å². The highest BCUT2D eigenvalue weighted by Crippen LogP contribution is 2.62. The van der Waals surface area contributed by atoms with Gasteiger partial charge in [-0.3, -0.25) is 0 Å². The number of para-hydroxylation sites is 3. The summed E-state index contributed by atoms with van der Waals surface area (Å²) in [6, 6.07) is 68.8. The summed E-state index contributed by atoms with van der Waals surface area (Å²) >= 11 is 0. The maximum absolute atomic E-state index is 2.59. The quantitative estimate of drug-likeness (QED) is 0.173. The van der Waals surface area contributed by atoms with E-state index in [1.807, 2.05) is 0 Å². The topological polar surface area (TPSA) is 8.17 Å². The molecule has 2 heterocycles. The third-order valence-corrected chi connectivity index (χ3v) is 14.6. The summed E-state index contributed by atoms with van der Waals surface area (Å²) in [6.45, 7) is 7.16. The van der Waals surface area contributed by atoms with Crippen LogP contribution in [0.2, 0.25) is 0 Å². The van der Waals surface area contributed by atoms with Crippen molar-refractivity contribution in [1.29, 1.82) is 0 Å². The van der Waals surface area contributed by atoms with Crippen LogP contribution in [0.15, 0.2) is 188 Å². The number of fused-ring (bicyclic) bond motifs is 15. The van der Waals surface area contributed by atoms with E-state index in [0.717, 1.165) is 23.5 Å². The maximum Gasteiger partial charge on any atom is 0.0755 e. The van der Waals surface area contributed by atoms with Crippen molar-refractivity contribution in [2.24, 2.45) is 0 Å². The van der Waals surface area contributed by atoms with Gasteiger partial charge in [-0.05, 0) is 122 Å². The second-order valence-corrected chi connectivity index (χ2v) is 18.0. The SMILES string of the molecule is CC1CC=Cc2c1c1cccc3c1n2-c1ccccc1C31c2ccccc2-c2ccc(N(c3ccc4c(c3)C(C)(C)c3ccccc3-4)c3ccccc3-c3ccccc3)cc21. The number of rotatable bonds is 4. The number of anilines is 3. The molecule has 2 nitrogen and oxygen atoms in total. The average Bonchev–Trinajstić information content (AvgIpc) is 3.88. The van der Waals surface area contributed by atoms with Crippen molar-refractivity contribution in [3.05, 3.63) is 233 Å². The van der Waals surface area contributed by atoms with Gasteiger partial charge < -0.3 is 9.47 Å². The summed E-state index contributed by atoms with van der Waals surface area (Å²) in [6.07, 6.45) is 5.81. The summed E-state index contributed by atoms with van der Waals surface area (Å²) in [5, 5.41) is 1.38. The Morgan fingerprint density at radius 3 is 1.89 bits per heavy atom. The summed E-state index contributed by atoms with van der Waals surface area (Å²) in [5.74, 6) is 0.443. The highest BCUT2D eigenvalue weighted by molar-refractivity contribution is 6.01. The lowest BCUT2D eigenvalue weighted by atomic mass is 9.65. The smallest absolute Gasteiger partial charge is 0.0755 e. The number of benzene rings is 8. The molecule has 0 saturated heterocycles. The van der Waals surface area contributed by atoms with Crippen LogP contribution in [-0.2, 0) is 10.8 Å². The summed E-state index contributed by atoms with van der Waals surface area (Å²) in [4.78, 5) is 2.53. The Morgan fingerprint density at radius 2 is 1.10 bits per heavy atom. The minimum atomic E-state index is -0.534. The first-order valence-corrected chi connectivity index (χ1v) is 21.8. The van der Waals surface area contributed by atoms with E-state index < -0.39 is 5.41 Å². The van der Waals surface area contributed by atoms with Gasteiger partial charge in [0.1, 0.15) is 0 Å². The first-order valence-electron chi connectivity index (χ1n) is 21.8. The predicted octanol–water partition coefficient (Wildman–Crippen LogP) is 15.3. The standard InChI is InChI=1S/C59H44N2/c1-37-17-15-30-55-56(37)46-23-16-27-50-57(46)61(55)54-29-14-12-26-49(54)59(50)48-25-11-8-22-43(48)45-34-32-40(36-52(45)59)60(53-28-13-9-20-41(53)38-18-5-4-6-19-38)39-31-33-44-42-21-7-10-24-47(42)58(2,3)51(44)35-39/h4-16,18-37H,17H2,1-3H3. The molecule has 0 radical (unpaired) electrons. The van der Waals surface area contributed by atoms with E-state index in [2.05, 4.69) is 224 Å². The highest BCUT2D eigenvalue weighted by Gasteiger charge is 2.51. The predicted molar refractivity (Wildman–Crippen MR) is 254 cm³/mol. The van der Waals surface area contributed by atoms with Crippen molar-refractivity contribution in [2.45, 2.75) is 43.9 Å². The lowest BCUT2D eigenvalue weighted by Crippen LogP contribution is -2.33.